The van der Waals surface area contributed by atoms with Gasteiger partial charge in [0, 0.05) is 6.21 Å². The second-order valence-corrected chi connectivity index (χ2v) is 31.9. The maximum atomic E-state index is 6.91. The molecule has 0 saturated carbocycles. The van der Waals surface area contributed by atoms with E-state index in [4.69, 9.17) is 36.9 Å². The highest BCUT2D eigenvalue weighted by Crippen LogP contribution is 2.35. The van der Waals surface area contributed by atoms with Crippen molar-refractivity contribution < 1.29 is 31.9 Å². The van der Waals surface area contributed by atoms with Crippen molar-refractivity contribution in [1.29, 1.82) is 0 Å². The molecular weight excluding hydrogens is 563 g/mol. The Balaban J connectivity index is 2.59. The highest BCUT2D eigenvalue weighted by molar-refractivity contribution is 6.71. The summed E-state index contributed by atoms with van der Waals surface area (Å²) in [6, 6.07) is 5.72. The summed E-state index contributed by atoms with van der Waals surface area (Å²) in [6.07, 6.45) is -0.152. The Kier molecular flexibility index (Phi) is 11.8. The smallest absolute Gasteiger partial charge is 0.184 e. The molecule has 1 fully saturated rings. The van der Waals surface area contributed by atoms with Crippen LogP contribution in [0.25, 0.3) is 0 Å². The Labute approximate surface area is 241 Å². The van der Waals surface area contributed by atoms with Gasteiger partial charge in [0.05, 0.1) is 20.8 Å². The number of nitrogens with zero attached hydrogens (tertiary/aromatic N) is 1. The van der Waals surface area contributed by atoms with Gasteiger partial charge in [-0.2, -0.15) is 0 Å². The molecule has 0 unspecified atom stereocenters. The van der Waals surface area contributed by atoms with Crippen LogP contribution in [0.5, 0.6) is 11.5 Å². The lowest BCUT2D eigenvalue weighted by atomic mass is 9.98. The van der Waals surface area contributed by atoms with Crippen LogP contribution in [0.3, 0.4) is 0 Å². The van der Waals surface area contributed by atoms with Crippen LogP contribution < -0.4 is 9.47 Å². The van der Waals surface area contributed by atoms with E-state index in [0.29, 0.717) is 18.1 Å². The number of hydrogen-bond donors (Lipinski definition) is 0. The van der Waals surface area contributed by atoms with E-state index in [1.807, 2.05) is 24.4 Å². The van der Waals surface area contributed by atoms with Gasteiger partial charge in [0.1, 0.15) is 24.4 Å². The molecule has 5 atom stereocenters. The molecule has 0 amide bonds. The number of methoxy groups -OCH3 is 2. The number of benzene rings is 1. The van der Waals surface area contributed by atoms with Crippen LogP contribution in [0.15, 0.2) is 23.2 Å². The van der Waals surface area contributed by atoms with Crippen molar-refractivity contribution in [2.45, 2.75) is 109 Å². The summed E-state index contributed by atoms with van der Waals surface area (Å²) >= 11 is 0. The predicted molar refractivity (Wildman–Crippen MR) is 170 cm³/mol. The van der Waals surface area contributed by atoms with Crippen LogP contribution in [-0.4, -0.2) is 91.0 Å². The number of rotatable bonds is 13. The van der Waals surface area contributed by atoms with Crippen LogP contribution in [0.2, 0.25) is 78.6 Å². The lowest BCUT2D eigenvalue weighted by Gasteiger charge is -2.50. The van der Waals surface area contributed by atoms with Crippen molar-refractivity contribution in [3.05, 3.63) is 23.8 Å². The van der Waals surface area contributed by atoms with Crippen molar-refractivity contribution in [1.82, 2.24) is 0 Å². The van der Waals surface area contributed by atoms with Crippen molar-refractivity contribution in [3.8, 4) is 11.5 Å². The molecule has 1 aromatic carbocycles. The zero-order valence-corrected chi connectivity index (χ0v) is 30.7. The number of hydrogen-bond acceptors (Lipinski definition) is 8. The zero-order chi connectivity index (χ0) is 29.8. The summed E-state index contributed by atoms with van der Waals surface area (Å²) in [5, 5.41) is 0. The van der Waals surface area contributed by atoms with Crippen molar-refractivity contribution in [2.24, 2.45) is 4.99 Å². The molecule has 0 radical (unpaired) electrons. The third kappa shape index (κ3) is 11.9. The molecule has 0 bridgehead atoms. The third-order valence-corrected chi connectivity index (χ3v) is 9.51. The van der Waals surface area contributed by atoms with E-state index in [-0.39, 0.29) is 18.3 Å². The first kappa shape index (κ1) is 34.4. The van der Waals surface area contributed by atoms with Gasteiger partial charge in [-0.3, -0.25) is 4.99 Å². The molecule has 12 heteroatoms. The van der Waals surface area contributed by atoms with E-state index in [1.54, 1.807) is 14.2 Å². The van der Waals surface area contributed by atoms with Crippen LogP contribution in [0, 0.1) is 0 Å². The SMILES string of the molecule is COc1ccc(/C=N\[C@H]2O[C@@H](CO[Si](C)(C)C)[C@H](O[Si](C)(C)C)[C@@H](O[Si](C)(C)C)[C@@H]2O[Si](C)(C)C)cc1OC. The monoisotopic (exact) mass is 615 g/mol. The molecular formula is C27H53NO7Si4. The van der Waals surface area contributed by atoms with Crippen LogP contribution in [0.4, 0.5) is 0 Å². The normalized spacial score (nSPS) is 25.2. The van der Waals surface area contributed by atoms with Gasteiger partial charge in [0.25, 0.3) is 0 Å². The Bertz CT molecular complexity index is 951. The Hall–Kier alpha value is -0.842. The maximum absolute atomic E-state index is 6.91. The van der Waals surface area contributed by atoms with Crippen LogP contribution in [-0.2, 0) is 22.4 Å². The fraction of sp³-hybridized carbons (Fsp3) is 0.741. The first-order chi connectivity index (χ1) is 17.7. The molecule has 0 aliphatic carbocycles. The summed E-state index contributed by atoms with van der Waals surface area (Å²) in [7, 11) is -4.56. The van der Waals surface area contributed by atoms with E-state index >= 15 is 0 Å². The highest BCUT2D eigenvalue weighted by Gasteiger charge is 2.51. The Morgan fingerprint density at radius 1 is 0.692 bits per heavy atom. The van der Waals surface area contributed by atoms with Gasteiger partial charge in [0.2, 0.25) is 0 Å². The average Bonchev–Trinajstić information content (AvgIpc) is 2.76. The van der Waals surface area contributed by atoms with Gasteiger partial charge < -0.3 is 31.9 Å². The van der Waals surface area contributed by atoms with Crippen LogP contribution >= 0.6 is 0 Å². The van der Waals surface area contributed by atoms with Gasteiger partial charge in [-0.25, -0.2) is 0 Å². The van der Waals surface area contributed by atoms with Crippen molar-refractivity contribution >= 4 is 39.5 Å². The second-order valence-electron chi connectivity index (χ2n) is 14.0. The van der Waals surface area contributed by atoms with E-state index in [1.165, 1.54) is 0 Å². The van der Waals surface area contributed by atoms with Gasteiger partial charge in [-0.1, -0.05) is 0 Å². The minimum absolute atomic E-state index is 0.311. The Morgan fingerprint density at radius 3 is 1.69 bits per heavy atom. The molecule has 1 aliphatic rings. The van der Waals surface area contributed by atoms with Gasteiger partial charge in [-0.15, -0.1) is 0 Å². The molecule has 0 aromatic heterocycles. The summed E-state index contributed by atoms with van der Waals surface area (Å²) < 4.78 is 44.6. The molecule has 1 aliphatic heterocycles. The summed E-state index contributed by atoms with van der Waals surface area (Å²) in [4.78, 5) is 4.96. The minimum Gasteiger partial charge on any atom is -0.493 e. The number of ether oxygens (including phenoxy) is 3. The van der Waals surface area contributed by atoms with Crippen LogP contribution in [0.1, 0.15) is 5.56 Å². The molecule has 2 rings (SSSR count). The summed E-state index contributed by atoms with van der Waals surface area (Å²) in [5.41, 5.74) is 0.876. The molecule has 1 saturated heterocycles. The van der Waals surface area contributed by atoms with E-state index in [9.17, 15) is 0 Å². The van der Waals surface area contributed by atoms with E-state index < -0.39 is 45.6 Å². The van der Waals surface area contributed by atoms with Crippen molar-refractivity contribution in [3.63, 3.8) is 0 Å². The fourth-order valence-corrected chi connectivity index (χ4v) is 8.12. The number of aliphatic imine (C=N–C) groups is 1. The largest absolute Gasteiger partial charge is 0.493 e. The molecule has 0 N–H and O–H groups in total. The lowest BCUT2D eigenvalue weighted by Crippen LogP contribution is -2.65. The second kappa shape index (κ2) is 13.4. The van der Waals surface area contributed by atoms with Gasteiger partial charge in [0.15, 0.2) is 51.0 Å². The average molecular weight is 616 g/mol. The van der Waals surface area contributed by atoms with Gasteiger partial charge >= 0.3 is 0 Å². The molecule has 39 heavy (non-hydrogen) atoms. The van der Waals surface area contributed by atoms with E-state index in [2.05, 4.69) is 78.6 Å². The lowest BCUT2D eigenvalue weighted by molar-refractivity contribution is -0.211. The molecule has 0 spiro atoms. The highest BCUT2D eigenvalue weighted by atomic mass is 28.4. The summed E-state index contributed by atoms with van der Waals surface area (Å²) in [5.74, 6) is 1.31. The summed E-state index contributed by atoms with van der Waals surface area (Å²) in [6.45, 7) is 26.7. The molecule has 224 valence electrons. The zero-order valence-electron chi connectivity index (χ0n) is 26.7. The fourth-order valence-electron chi connectivity index (χ4n) is 4.20. The van der Waals surface area contributed by atoms with Crippen molar-refractivity contribution in [2.75, 3.05) is 20.8 Å². The first-order valence-electron chi connectivity index (χ1n) is 13.8. The molecule has 1 aromatic rings. The Morgan fingerprint density at radius 2 is 1.21 bits per heavy atom. The van der Waals surface area contributed by atoms with E-state index in [0.717, 1.165) is 5.56 Å². The van der Waals surface area contributed by atoms with Gasteiger partial charge in [-0.05, 0) is 102 Å². The standard InChI is InChI=1S/C27H53NO7Si4/c1-29-21-16-15-20(17-22(21)30-2)18-28-27-26(35-39(12,13)14)25(34-38(9,10)11)24(33-37(6,7)8)23(32-27)19-31-36(3,4)5/h15-18,23-27H,19H2,1-14H3/b28-18-/t23-,24-,25+,26-,27-/m0/s1. The topological polar surface area (TPSA) is 77.0 Å². The third-order valence-electron chi connectivity index (χ3n) is 5.54. The minimum atomic E-state index is -2.02. The predicted octanol–water partition coefficient (Wildman–Crippen LogP) is 6.36. The first-order valence-corrected chi connectivity index (χ1v) is 27.4. The maximum Gasteiger partial charge on any atom is 0.184 e. The molecule has 1 heterocycles. The quantitative estimate of drug-likeness (QED) is 0.189. The molecule has 8 nitrogen and oxygen atoms in total.